The molecule has 0 saturated carbocycles. The van der Waals surface area contributed by atoms with Crippen molar-refractivity contribution in [3.63, 3.8) is 0 Å². The summed E-state index contributed by atoms with van der Waals surface area (Å²) in [6.45, 7) is 2.11. The summed E-state index contributed by atoms with van der Waals surface area (Å²) in [5, 5.41) is 3.67. The summed E-state index contributed by atoms with van der Waals surface area (Å²) in [5.74, 6) is 1.10. The van der Waals surface area contributed by atoms with Crippen molar-refractivity contribution in [1.82, 2.24) is 5.16 Å². The molecule has 1 heterocycles. The van der Waals surface area contributed by atoms with Gasteiger partial charge in [0.1, 0.15) is 0 Å². The first-order valence-electron chi connectivity index (χ1n) is 4.71. The average Bonchev–Trinajstić information content (AvgIpc) is 2.64. The maximum Gasteiger partial charge on any atom is 0.169 e. The monoisotopic (exact) mass is 266 g/mol. The van der Waals surface area contributed by atoms with Gasteiger partial charge in [-0.1, -0.05) is 28.0 Å². The standard InChI is InChI=1S/C11H11BrN2O/c1-2-7-3-8(5-9(12)4-7)10-6-11(13)14-15-10/h3-6H,2H2,1H3,(H2,13,14). The highest BCUT2D eigenvalue weighted by Gasteiger charge is 2.06. The molecule has 0 fully saturated rings. The lowest BCUT2D eigenvalue weighted by molar-refractivity contribution is 0.436. The summed E-state index contributed by atoms with van der Waals surface area (Å²) in [6, 6.07) is 7.87. The molecular weight excluding hydrogens is 256 g/mol. The Labute approximate surface area is 96.4 Å². The molecule has 0 aliphatic heterocycles. The van der Waals surface area contributed by atoms with Crippen LogP contribution in [0.25, 0.3) is 11.3 Å². The fourth-order valence-corrected chi connectivity index (χ4v) is 1.96. The van der Waals surface area contributed by atoms with E-state index in [0.717, 1.165) is 16.5 Å². The van der Waals surface area contributed by atoms with Gasteiger partial charge < -0.3 is 10.3 Å². The zero-order chi connectivity index (χ0) is 10.8. The summed E-state index contributed by atoms with van der Waals surface area (Å²) in [4.78, 5) is 0. The molecule has 0 aliphatic rings. The minimum Gasteiger partial charge on any atom is -0.381 e. The van der Waals surface area contributed by atoms with Gasteiger partial charge in [0.05, 0.1) is 0 Å². The number of hydrogen-bond donors (Lipinski definition) is 1. The number of nitrogens with two attached hydrogens (primary N) is 1. The molecule has 0 amide bonds. The third-order valence-corrected chi connectivity index (χ3v) is 2.64. The number of aryl methyl sites for hydroxylation is 1. The van der Waals surface area contributed by atoms with Crippen LogP contribution < -0.4 is 5.73 Å². The molecule has 0 spiro atoms. The molecule has 4 heteroatoms. The van der Waals surface area contributed by atoms with E-state index >= 15 is 0 Å². The van der Waals surface area contributed by atoms with Crippen LogP contribution in [0.4, 0.5) is 5.82 Å². The van der Waals surface area contributed by atoms with E-state index in [9.17, 15) is 0 Å². The van der Waals surface area contributed by atoms with Crippen LogP contribution in [0.5, 0.6) is 0 Å². The number of halogens is 1. The molecule has 0 saturated heterocycles. The molecule has 0 atom stereocenters. The van der Waals surface area contributed by atoms with Gasteiger partial charge >= 0.3 is 0 Å². The maximum atomic E-state index is 5.51. The second kappa shape index (κ2) is 4.06. The Morgan fingerprint density at radius 3 is 2.73 bits per heavy atom. The largest absolute Gasteiger partial charge is 0.381 e. The summed E-state index contributed by atoms with van der Waals surface area (Å²) in [7, 11) is 0. The number of hydrogen-bond acceptors (Lipinski definition) is 3. The van der Waals surface area contributed by atoms with E-state index < -0.39 is 0 Å². The molecule has 2 aromatic rings. The van der Waals surface area contributed by atoms with Crippen molar-refractivity contribution in [2.45, 2.75) is 13.3 Å². The predicted molar refractivity (Wildman–Crippen MR) is 63.4 cm³/mol. The van der Waals surface area contributed by atoms with Crippen molar-refractivity contribution in [3.8, 4) is 11.3 Å². The topological polar surface area (TPSA) is 52.0 Å². The van der Waals surface area contributed by atoms with E-state index in [4.69, 9.17) is 10.3 Å². The molecule has 0 radical (unpaired) electrons. The summed E-state index contributed by atoms with van der Waals surface area (Å²) in [6.07, 6.45) is 0.982. The van der Waals surface area contributed by atoms with Crippen molar-refractivity contribution >= 4 is 21.7 Å². The van der Waals surface area contributed by atoms with Crippen molar-refractivity contribution < 1.29 is 4.52 Å². The zero-order valence-corrected chi connectivity index (χ0v) is 9.91. The summed E-state index contributed by atoms with van der Waals surface area (Å²) < 4.78 is 6.14. The fourth-order valence-electron chi connectivity index (χ4n) is 1.42. The average molecular weight is 267 g/mol. The number of nitrogen functional groups attached to an aromatic ring is 1. The van der Waals surface area contributed by atoms with E-state index in [1.54, 1.807) is 6.07 Å². The Morgan fingerprint density at radius 2 is 2.13 bits per heavy atom. The maximum absolute atomic E-state index is 5.51. The highest BCUT2D eigenvalue weighted by molar-refractivity contribution is 9.10. The second-order valence-corrected chi connectivity index (χ2v) is 4.23. The SMILES string of the molecule is CCc1cc(Br)cc(-c2cc(N)no2)c1. The number of nitrogens with zero attached hydrogens (tertiary/aromatic N) is 1. The molecule has 2 N–H and O–H groups in total. The van der Waals surface area contributed by atoms with Crippen LogP contribution in [-0.2, 0) is 6.42 Å². The first-order valence-corrected chi connectivity index (χ1v) is 5.50. The van der Waals surface area contributed by atoms with Gasteiger partial charge in [-0.05, 0) is 30.2 Å². The number of rotatable bonds is 2. The van der Waals surface area contributed by atoms with Crippen LogP contribution in [0.3, 0.4) is 0 Å². The van der Waals surface area contributed by atoms with Crippen molar-refractivity contribution in [2.75, 3.05) is 5.73 Å². The van der Waals surface area contributed by atoms with Gasteiger partial charge in [-0.3, -0.25) is 0 Å². The van der Waals surface area contributed by atoms with Crippen LogP contribution >= 0.6 is 15.9 Å². The van der Waals surface area contributed by atoms with Gasteiger partial charge in [0, 0.05) is 16.1 Å². The van der Waals surface area contributed by atoms with Crippen molar-refractivity contribution in [3.05, 3.63) is 34.3 Å². The zero-order valence-electron chi connectivity index (χ0n) is 8.33. The van der Waals surface area contributed by atoms with Crippen molar-refractivity contribution in [2.24, 2.45) is 0 Å². The van der Waals surface area contributed by atoms with Crippen LogP contribution in [0.1, 0.15) is 12.5 Å². The van der Waals surface area contributed by atoms with Gasteiger partial charge in [-0.2, -0.15) is 0 Å². The van der Waals surface area contributed by atoms with E-state index in [0.29, 0.717) is 11.6 Å². The number of aromatic nitrogens is 1. The lowest BCUT2D eigenvalue weighted by Crippen LogP contribution is -1.83. The van der Waals surface area contributed by atoms with E-state index in [2.05, 4.69) is 40.1 Å². The summed E-state index contributed by atoms with van der Waals surface area (Å²) >= 11 is 3.46. The quantitative estimate of drug-likeness (QED) is 0.908. The number of anilines is 1. The third kappa shape index (κ3) is 2.21. The van der Waals surface area contributed by atoms with Crippen LogP contribution in [0.15, 0.2) is 33.3 Å². The van der Waals surface area contributed by atoms with Gasteiger partial charge in [-0.25, -0.2) is 0 Å². The van der Waals surface area contributed by atoms with E-state index in [1.807, 2.05) is 6.07 Å². The summed E-state index contributed by atoms with van der Waals surface area (Å²) in [5.41, 5.74) is 7.74. The number of benzene rings is 1. The molecule has 0 unspecified atom stereocenters. The molecular formula is C11H11BrN2O. The van der Waals surface area contributed by atoms with E-state index in [1.165, 1.54) is 5.56 Å². The van der Waals surface area contributed by atoms with Crippen LogP contribution in [0, 0.1) is 0 Å². The molecule has 3 nitrogen and oxygen atoms in total. The molecule has 78 valence electrons. The first-order chi connectivity index (χ1) is 7.19. The Balaban J connectivity index is 2.48. The molecule has 1 aromatic carbocycles. The molecule has 0 aliphatic carbocycles. The first kappa shape index (κ1) is 10.2. The lowest BCUT2D eigenvalue weighted by Gasteiger charge is -2.01. The molecule has 2 rings (SSSR count). The highest BCUT2D eigenvalue weighted by atomic mass is 79.9. The minimum absolute atomic E-state index is 0.406. The minimum atomic E-state index is 0.406. The van der Waals surface area contributed by atoms with Crippen LogP contribution in [-0.4, -0.2) is 5.16 Å². The normalized spacial score (nSPS) is 10.5. The lowest BCUT2D eigenvalue weighted by atomic mass is 10.1. The Hall–Kier alpha value is -1.29. The van der Waals surface area contributed by atoms with Gasteiger partial charge in [0.25, 0.3) is 0 Å². The van der Waals surface area contributed by atoms with Gasteiger partial charge in [0.2, 0.25) is 0 Å². The fraction of sp³-hybridized carbons (Fsp3) is 0.182. The highest BCUT2D eigenvalue weighted by Crippen LogP contribution is 2.26. The molecule has 1 aromatic heterocycles. The molecule has 15 heavy (non-hydrogen) atoms. The third-order valence-electron chi connectivity index (χ3n) is 2.18. The predicted octanol–water partition coefficient (Wildman–Crippen LogP) is 3.25. The van der Waals surface area contributed by atoms with Crippen molar-refractivity contribution in [1.29, 1.82) is 0 Å². The smallest absolute Gasteiger partial charge is 0.169 e. The van der Waals surface area contributed by atoms with Crippen LogP contribution in [0.2, 0.25) is 0 Å². The Kier molecular flexibility index (Phi) is 2.77. The van der Waals surface area contributed by atoms with E-state index in [-0.39, 0.29) is 0 Å². The Morgan fingerprint density at radius 1 is 1.33 bits per heavy atom. The van der Waals surface area contributed by atoms with Gasteiger partial charge in [0.15, 0.2) is 11.6 Å². The molecule has 0 bridgehead atoms. The Bertz CT molecular complexity index is 479. The second-order valence-electron chi connectivity index (χ2n) is 3.32. The van der Waals surface area contributed by atoms with Gasteiger partial charge in [-0.15, -0.1) is 0 Å².